The number of hydrogen-bond acceptors (Lipinski definition) is 1. The van der Waals surface area contributed by atoms with Crippen molar-refractivity contribution in [1.82, 2.24) is 0 Å². The van der Waals surface area contributed by atoms with Crippen LogP contribution in [0.3, 0.4) is 0 Å². The summed E-state index contributed by atoms with van der Waals surface area (Å²) in [4.78, 5) is 0. The minimum Gasteiger partial charge on any atom is -0.369 e. The Morgan fingerprint density at radius 1 is 1.31 bits per heavy atom. The van der Waals surface area contributed by atoms with Crippen LogP contribution in [0.2, 0.25) is 0 Å². The Bertz CT molecular complexity index is 350. The number of epoxide rings is 1. The number of ether oxygens (including phenoxy) is 1. The Kier molecular flexibility index (Phi) is 1.98. The Labute approximate surface area is 99.3 Å². The fourth-order valence-corrected chi connectivity index (χ4v) is 4.29. The molecule has 1 unspecified atom stereocenters. The highest BCUT2D eigenvalue weighted by Crippen LogP contribution is 2.63. The van der Waals surface area contributed by atoms with Crippen LogP contribution >= 0.6 is 0 Å². The van der Waals surface area contributed by atoms with Crippen LogP contribution in [-0.4, -0.2) is 12.2 Å². The molecule has 0 aromatic carbocycles. The van der Waals surface area contributed by atoms with Gasteiger partial charge in [-0.3, -0.25) is 0 Å². The third-order valence-electron chi connectivity index (χ3n) is 5.36. The molecular weight excluding hydrogens is 196 g/mol. The second-order valence-corrected chi connectivity index (χ2v) is 7.16. The van der Waals surface area contributed by atoms with E-state index in [1.54, 1.807) is 5.57 Å². The van der Waals surface area contributed by atoms with Crippen LogP contribution in [-0.2, 0) is 4.74 Å². The zero-order chi connectivity index (χ0) is 11.7. The summed E-state index contributed by atoms with van der Waals surface area (Å²) < 4.78 is 5.91. The maximum atomic E-state index is 5.91. The van der Waals surface area contributed by atoms with Crippen LogP contribution in [0, 0.1) is 22.7 Å². The van der Waals surface area contributed by atoms with Gasteiger partial charge in [-0.1, -0.05) is 46.3 Å². The highest BCUT2D eigenvalue weighted by Gasteiger charge is 2.62. The fraction of sp³-hybridized carbons (Fsp3) is 0.867. The Morgan fingerprint density at radius 2 is 2.00 bits per heavy atom. The summed E-state index contributed by atoms with van der Waals surface area (Å²) in [6.45, 7) is 12.0. The van der Waals surface area contributed by atoms with E-state index >= 15 is 0 Å². The molecule has 1 aliphatic heterocycles. The first kappa shape index (κ1) is 10.8. The second kappa shape index (κ2) is 2.93. The lowest BCUT2D eigenvalue weighted by Crippen LogP contribution is -2.38. The average Bonchev–Trinajstić information content (AvgIpc) is 2.82. The van der Waals surface area contributed by atoms with Crippen molar-refractivity contribution in [2.24, 2.45) is 22.7 Å². The maximum absolute atomic E-state index is 5.91. The van der Waals surface area contributed by atoms with Gasteiger partial charge in [0.2, 0.25) is 0 Å². The van der Waals surface area contributed by atoms with Crippen LogP contribution < -0.4 is 0 Å². The van der Waals surface area contributed by atoms with Gasteiger partial charge in [-0.2, -0.15) is 0 Å². The lowest BCUT2D eigenvalue weighted by atomic mass is 9.62. The van der Waals surface area contributed by atoms with Crippen LogP contribution in [0.15, 0.2) is 11.6 Å². The average molecular weight is 220 g/mol. The summed E-state index contributed by atoms with van der Waals surface area (Å²) in [7, 11) is 0. The summed E-state index contributed by atoms with van der Waals surface area (Å²) in [6, 6.07) is 0. The molecule has 0 radical (unpaired) electrons. The van der Waals surface area contributed by atoms with Crippen molar-refractivity contribution in [2.45, 2.75) is 59.7 Å². The SMILES string of the molecule is CC[C@H]1C=C2C([C@@H]3O[C@@H]3CC2(C)C)C1(C)C. The van der Waals surface area contributed by atoms with Crippen molar-refractivity contribution in [3.8, 4) is 0 Å². The molecule has 0 N–H and O–H groups in total. The van der Waals surface area contributed by atoms with Gasteiger partial charge in [-0.05, 0) is 29.6 Å². The second-order valence-electron chi connectivity index (χ2n) is 7.16. The van der Waals surface area contributed by atoms with Gasteiger partial charge in [-0.25, -0.2) is 0 Å². The van der Waals surface area contributed by atoms with Gasteiger partial charge in [0, 0.05) is 5.92 Å². The molecule has 2 fully saturated rings. The highest BCUT2D eigenvalue weighted by atomic mass is 16.6. The molecule has 1 saturated heterocycles. The van der Waals surface area contributed by atoms with Gasteiger partial charge >= 0.3 is 0 Å². The summed E-state index contributed by atoms with van der Waals surface area (Å²) in [6.07, 6.45) is 6.19. The first-order chi connectivity index (χ1) is 7.38. The molecular formula is C15H24O. The number of hydrogen-bond donors (Lipinski definition) is 0. The third-order valence-corrected chi connectivity index (χ3v) is 5.36. The van der Waals surface area contributed by atoms with E-state index in [1.165, 1.54) is 12.8 Å². The Balaban J connectivity index is 2.03. The minimum absolute atomic E-state index is 0.365. The predicted octanol–water partition coefficient (Wildman–Crippen LogP) is 3.79. The molecule has 0 bridgehead atoms. The predicted molar refractivity (Wildman–Crippen MR) is 66.2 cm³/mol. The zero-order valence-electron chi connectivity index (χ0n) is 11.2. The normalized spacial score (nSPS) is 46.9. The van der Waals surface area contributed by atoms with Gasteiger partial charge in [-0.15, -0.1) is 0 Å². The molecule has 3 aliphatic rings. The molecule has 0 amide bonds. The van der Waals surface area contributed by atoms with Crippen LogP contribution in [0.4, 0.5) is 0 Å². The standard InChI is InChI=1S/C15H24O/c1-6-9-7-10-12(15(9,4)5)13-11(16-13)8-14(10,2)3/h7,9,11-13H,6,8H2,1-5H3/t9-,11+,12?,13+/m0/s1. The number of rotatable bonds is 1. The van der Waals surface area contributed by atoms with Crippen LogP contribution in [0.1, 0.15) is 47.5 Å². The Morgan fingerprint density at radius 3 is 2.62 bits per heavy atom. The summed E-state index contributed by atoms with van der Waals surface area (Å²) in [5.74, 6) is 1.43. The minimum atomic E-state index is 0.365. The quantitative estimate of drug-likeness (QED) is 0.484. The largest absolute Gasteiger partial charge is 0.369 e. The van der Waals surface area contributed by atoms with Crippen molar-refractivity contribution in [3.05, 3.63) is 11.6 Å². The molecule has 1 heteroatoms. The third kappa shape index (κ3) is 1.21. The summed E-state index contributed by atoms with van der Waals surface area (Å²) in [5, 5.41) is 0. The molecule has 1 nitrogen and oxygen atoms in total. The van der Waals surface area contributed by atoms with Crippen molar-refractivity contribution >= 4 is 0 Å². The monoisotopic (exact) mass is 220 g/mol. The van der Waals surface area contributed by atoms with E-state index in [-0.39, 0.29) is 0 Å². The first-order valence-electron chi connectivity index (χ1n) is 6.75. The lowest BCUT2D eigenvalue weighted by molar-refractivity contribution is 0.146. The van der Waals surface area contributed by atoms with Crippen LogP contribution in [0.5, 0.6) is 0 Å². The van der Waals surface area contributed by atoms with Crippen molar-refractivity contribution in [1.29, 1.82) is 0 Å². The van der Waals surface area contributed by atoms with Gasteiger partial charge in [0.1, 0.15) is 0 Å². The fourth-order valence-electron chi connectivity index (χ4n) is 4.29. The number of allylic oxidation sites excluding steroid dienone is 1. The van der Waals surface area contributed by atoms with E-state index < -0.39 is 0 Å². The van der Waals surface area contributed by atoms with E-state index in [4.69, 9.17) is 4.74 Å². The van der Waals surface area contributed by atoms with E-state index in [1.807, 2.05) is 0 Å². The van der Waals surface area contributed by atoms with Crippen molar-refractivity contribution < 1.29 is 4.74 Å². The Hall–Kier alpha value is -0.300. The van der Waals surface area contributed by atoms with E-state index in [0.717, 1.165) is 5.92 Å². The molecule has 2 aliphatic carbocycles. The molecule has 3 rings (SSSR count). The topological polar surface area (TPSA) is 12.5 Å². The smallest absolute Gasteiger partial charge is 0.0912 e. The maximum Gasteiger partial charge on any atom is 0.0912 e. The van der Waals surface area contributed by atoms with Crippen molar-refractivity contribution in [3.63, 3.8) is 0 Å². The molecule has 0 aromatic heterocycles. The van der Waals surface area contributed by atoms with Gasteiger partial charge in [0.25, 0.3) is 0 Å². The molecule has 16 heavy (non-hydrogen) atoms. The lowest BCUT2D eigenvalue weighted by Gasteiger charge is -2.40. The van der Waals surface area contributed by atoms with E-state index in [2.05, 4.69) is 40.7 Å². The van der Waals surface area contributed by atoms with E-state index in [9.17, 15) is 0 Å². The molecule has 0 spiro atoms. The molecule has 4 atom stereocenters. The molecule has 1 heterocycles. The van der Waals surface area contributed by atoms with E-state index in [0.29, 0.717) is 29.0 Å². The zero-order valence-corrected chi connectivity index (χ0v) is 11.2. The summed E-state index contributed by atoms with van der Waals surface area (Å²) >= 11 is 0. The molecule has 0 aromatic rings. The first-order valence-corrected chi connectivity index (χ1v) is 6.75. The van der Waals surface area contributed by atoms with Crippen molar-refractivity contribution in [2.75, 3.05) is 0 Å². The molecule has 90 valence electrons. The van der Waals surface area contributed by atoms with Gasteiger partial charge in [0.05, 0.1) is 12.2 Å². The van der Waals surface area contributed by atoms with Gasteiger partial charge in [0.15, 0.2) is 0 Å². The molecule has 1 saturated carbocycles. The van der Waals surface area contributed by atoms with Gasteiger partial charge < -0.3 is 4.74 Å². The van der Waals surface area contributed by atoms with Crippen LogP contribution in [0.25, 0.3) is 0 Å². The highest BCUT2D eigenvalue weighted by molar-refractivity contribution is 5.34. The number of fused-ring (bicyclic) bond motifs is 3. The summed E-state index contributed by atoms with van der Waals surface area (Å²) in [5.41, 5.74) is 2.47.